The quantitative estimate of drug-likeness (QED) is 0.910. The number of hydrogen-bond acceptors (Lipinski definition) is 3. The van der Waals surface area contributed by atoms with E-state index in [2.05, 4.69) is 10.3 Å². The van der Waals surface area contributed by atoms with Gasteiger partial charge in [0.25, 0.3) is 5.91 Å². The smallest absolute Gasteiger partial charge is 0.310 e. The Morgan fingerprint density at radius 1 is 1.38 bits per heavy atom. The summed E-state index contributed by atoms with van der Waals surface area (Å²) < 4.78 is 0. The minimum Gasteiger partial charge on any atom is -0.481 e. The average Bonchev–Trinajstić information content (AvgIpc) is 2.43. The van der Waals surface area contributed by atoms with Crippen molar-refractivity contribution >= 4 is 34.4 Å². The molecule has 5 nitrogen and oxygen atoms in total. The molecule has 0 aliphatic rings. The van der Waals surface area contributed by atoms with Crippen molar-refractivity contribution in [2.24, 2.45) is 5.41 Å². The molecule has 2 aromatic rings. The van der Waals surface area contributed by atoms with Crippen LogP contribution < -0.4 is 5.32 Å². The number of carbonyl (C=O) groups excluding carboxylic acids is 1. The van der Waals surface area contributed by atoms with Crippen molar-refractivity contribution in [2.75, 3.05) is 6.54 Å². The van der Waals surface area contributed by atoms with Crippen LogP contribution in [0.4, 0.5) is 0 Å². The van der Waals surface area contributed by atoms with E-state index in [1.807, 2.05) is 6.07 Å². The van der Waals surface area contributed by atoms with Gasteiger partial charge in [-0.3, -0.25) is 14.6 Å². The third kappa shape index (κ3) is 3.31. The highest BCUT2D eigenvalue weighted by molar-refractivity contribution is 6.32. The summed E-state index contributed by atoms with van der Waals surface area (Å²) in [5, 5.41) is 12.9. The van der Waals surface area contributed by atoms with Crippen LogP contribution in [-0.4, -0.2) is 28.5 Å². The van der Waals surface area contributed by atoms with Gasteiger partial charge in [-0.2, -0.15) is 0 Å². The molecule has 0 aliphatic carbocycles. The van der Waals surface area contributed by atoms with Gasteiger partial charge < -0.3 is 10.4 Å². The highest BCUT2D eigenvalue weighted by Gasteiger charge is 2.28. The molecule has 1 amide bonds. The number of fused-ring (bicyclic) bond motifs is 1. The lowest BCUT2D eigenvalue weighted by Gasteiger charge is -2.19. The summed E-state index contributed by atoms with van der Waals surface area (Å²) in [4.78, 5) is 27.5. The van der Waals surface area contributed by atoms with E-state index in [9.17, 15) is 9.59 Å². The Morgan fingerprint density at radius 2 is 2.10 bits per heavy atom. The first-order chi connectivity index (χ1) is 9.81. The first-order valence-electron chi connectivity index (χ1n) is 6.37. The van der Waals surface area contributed by atoms with Crippen molar-refractivity contribution in [2.45, 2.75) is 13.8 Å². The van der Waals surface area contributed by atoms with Crippen LogP contribution in [0.1, 0.15) is 24.2 Å². The van der Waals surface area contributed by atoms with E-state index in [1.54, 1.807) is 32.2 Å². The van der Waals surface area contributed by atoms with Crippen molar-refractivity contribution in [1.82, 2.24) is 10.3 Å². The van der Waals surface area contributed by atoms with Gasteiger partial charge in [0.05, 0.1) is 16.5 Å². The molecule has 1 aromatic heterocycles. The number of nitrogens with zero attached hydrogens (tertiary/aromatic N) is 1. The molecule has 0 fully saturated rings. The third-order valence-electron chi connectivity index (χ3n) is 3.18. The second-order valence-corrected chi connectivity index (χ2v) is 5.84. The van der Waals surface area contributed by atoms with Crippen LogP contribution in [0.15, 0.2) is 30.5 Å². The topological polar surface area (TPSA) is 79.3 Å². The molecule has 0 saturated heterocycles. The Labute approximate surface area is 126 Å². The van der Waals surface area contributed by atoms with Crippen LogP contribution in [0.2, 0.25) is 5.02 Å². The number of amides is 1. The number of halogens is 1. The van der Waals surface area contributed by atoms with Gasteiger partial charge >= 0.3 is 5.97 Å². The zero-order valence-electron chi connectivity index (χ0n) is 11.7. The van der Waals surface area contributed by atoms with Gasteiger partial charge in [0.15, 0.2) is 0 Å². The second kappa shape index (κ2) is 5.69. The molecule has 0 aliphatic heterocycles. The monoisotopic (exact) mass is 306 g/mol. The molecule has 110 valence electrons. The van der Waals surface area contributed by atoms with Crippen molar-refractivity contribution in [3.05, 3.63) is 41.0 Å². The molecule has 21 heavy (non-hydrogen) atoms. The number of carboxylic acids is 1. The molecule has 1 aromatic carbocycles. The van der Waals surface area contributed by atoms with E-state index in [-0.39, 0.29) is 6.54 Å². The molecule has 2 rings (SSSR count). The van der Waals surface area contributed by atoms with Gasteiger partial charge in [0.1, 0.15) is 0 Å². The number of carboxylic acid groups (broad SMARTS) is 1. The standard InChI is InChI=1S/C15H15ClN2O3/c1-15(2,14(20)21)8-18-13(19)11-7-10(16)6-9-4-3-5-17-12(9)11/h3-7H,8H2,1-2H3,(H,18,19)(H,20,21). The maximum Gasteiger partial charge on any atom is 0.310 e. The molecule has 1 heterocycles. The van der Waals surface area contributed by atoms with Gasteiger partial charge in [-0.05, 0) is 32.0 Å². The predicted octanol–water partition coefficient (Wildman–Crippen LogP) is 2.73. The number of rotatable bonds is 4. The van der Waals surface area contributed by atoms with Crippen LogP contribution in [0.25, 0.3) is 10.9 Å². The number of pyridine rings is 1. The molecule has 0 radical (unpaired) electrons. The lowest BCUT2D eigenvalue weighted by Crippen LogP contribution is -2.39. The normalized spacial score (nSPS) is 11.4. The third-order valence-corrected chi connectivity index (χ3v) is 3.40. The Balaban J connectivity index is 2.30. The highest BCUT2D eigenvalue weighted by atomic mass is 35.5. The molecule has 0 spiro atoms. The van der Waals surface area contributed by atoms with Gasteiger partial charge in [0, 0.05) is 23.2 Å². The molecule has 0 atom stereocenters. The summed E-state index contributed by atoms with van der Waals surface area (Å²) in [5.74, 6) is -1.37. The van der Waals surface area contributed by atoms with Gasteiger partial charge in [-0.15, -0.1) is 0 Å². The van der Waals surface area contributed by atoms with Crippen molar-refractivity contribution in [3.63, 3.8) is 0 Å². The fraction of sp³-hybridized carbons (Fsp3) is 0.267. The average molecular weight is 307 g/mol. The maximum atomic E-state index is 12.3. The lowest BCUT2D eigenvalue weighted by atomic mass is 9.94. The first kappa shape index (κ1) is 15.3. The van der Waals surface area contributed by atoms with Crippen LogP contribution in [0.5, 0.6) is 0 Å². The molecule has 0 bridgehead atoms. The van der Waals surface area contributed by atoms with E-state index in [0.29, 0.717) is 16.1 Å². The SMILES string of the molecule is CC(C)(CNC(=O)c1cc(Cl)cc2cccnc12)C(=O)O. The molecule has 2 N–H and O–H groups in total. The van der Waals surface area contributed by atoms with E-state index in [1.165, 1.54) is 6.07 Å². The van der Waals surface area contributed by atoms with Crippen LogP contribution in [-0.2, 0) is 4.79 Å². The summed E-state index contributed by atoms with van der Waals surface area (Å²) in [6.45, 7) is 3.11. The molecular weight excluding hydrogens is 292 g/mol. The largest absolute Gasteiger partial charge is 0.481 e. The van der Waals surface area contributed by atoms with Crippen LogP contribution >= 0.6 is 11.6 Å². The van der Waals surface area contributed by atoms with Crippen molar-refractivity contribution in [3.8, 4) is 0 Å². The number of aliphatic carboxylic acids is 1. The predicted molar refractivity (Wildman–Crippen MR) is 80.5 cm³/mol. The number of aromatic nitrogens is 1. The summed E-state index contributed by atoms with van der Waals surface area (Å²) in [5.41, 5.74) is -0.177. The number of nitrogens with one attached hydrogen (secondary N) is 1. The number of carbonyl (C=O) groups is 2. The zero-order valence-corrected chi connectivity index (χ0v) is 12.4. The zero-order chi connectivity index (χ0) is 15.6. The van der Waals surface area contributed by atoms with E-state index >= 15 is 0 Å². The minimum atomic E-state index is -1.04. The van der Waals surface area contributed by atoms with Crippen molar-refractivity contribution < 1.29 is 14.7 Å². The second-order valence-electron chi connectivity index (χ2n) is 5.40. The molecule has 0 unspecified atom stereocenters. The Bertz CT molecular complexity index is 713. The number of hydrogen-bond donors (Lipinski definition) is 2. The van der Waals surface area contributed by atoms with E-state index in [0.717, 1.165) is 5.39 Å². The van der Waals surface area contributed by atoms with Gasteiger partial charge in [0.2, 0.25) is 0 Å². The van der Waals surface area contributed by atoms with E-state index < -0.39 is 17.3 Å². The summed E-state index contributed by atoms with van der Waals surface area (Å²) in [7, 11) is 0. The maximum absolute atomic E-state index is 12.3. The fourth-order valence-electron chi connectivity index (χ4n) is 1.80. The van der Waals surface area contributed by atoms with E-state index in [4.69, 9.17) is 16.7 Å². The van der Waals surface area contributed by atoms with Crippen LogP contribution in [0, 0.1) is 5.41 Å². The molecule has 0 saturated carbocycles. The Hall–Kier alpha value is -2.14. The van der Waals surface area contributed by atoms with Crippen molar-refractivity contribution in [1.29, 1.82) is 0 Å². The summed E-state index contributed by atoms with van der Waals surface area (Å²) >= 11 is 6.01. The Morgan fingerprint density at radius 3 is 2.76 bits per heavy atom. The fourth-order valence-corrected chi connectivity index (χ4v) is 2.03. The van der Waals surface area contributed by atoms with Crippen LogP contribution in [0.3, 0.4) is 0 Å². The Kier molecular flexibility index (Phi) is 4.14. The molecule has 6 heteroatoms. The lowest BCUT2D eigenvalue weighted by molar-refractivity contribution is -0.146. The number of benzene rings is 1. The highest BCUT2D eigenvalue weighted by Crippen LogP contribution is 2.22. The summed E-state index contributed by atoms with van der Waals surface area (Å²) in [6.07, 6.45) is 1.59. The first-order valence-corrected chi connectivity index (χ1v) is 6.75. The minimum absolute atomic E-state index is 0.0159. The van der Waals surface area contributed by atoms with Gasteiger partial charge in [-0.25, -0.2) is 0 Å². The summed E-state index contributed by atoms with van der Waals surface area (Å²) in [6, 6.07) is 6.82. The molecular formula is C15H15ClN2O3. The van der Waals surface area contributed by atoms with Gasteiger partial charge in [-0.1, -0.05) is 17.7 Å².